The van der Waals surface area contributed by atoms with Crippen LogP contribution >= 0.6 is 15.9 Å². The number of hydrogen-bond donors (Lipinski definition) is 0. The van der Waals surface area contributed by atoms with E-state index < -0.39 is 0 Å². The Morgan fingerprint density at radius 2 is 2.00 bits per heavy atom. The second-order valence-electron chi connectivity index (χ2n) is 4.31. The van der Waals surface area contributed by atoms with Gasteiger partial charge in [-0.25, -0.2) is 0 Å². The zero-order valence-electron chi connectivity index (χ0n) is 9.71. The van der Waals surface area contributed by atoms with Crippen molar-refractivity contribution in [1.82, 2.24) is 4.90 Å². The Bertz CT molecular complexity index is 348. The first kappa shape index (κ1) is 11.9. The molecule has 1 aromatic rings. The van der Waals surface area contributed by atoms with E-state index in [-0.39, 0.29) is 0 Å². The van der Waals surface area contributed by atoms with Crippen LogP contribution in [-0.4, -0.2) is 25.1 Å². The summed E-state index contributed by atoms with van der Waals surface area (Å²) < 4.78 is 6.28. The van der Waals surface area contributed by atoms with Gasteiger partial charge in [0, 0.05) is 6.54 Å². The normalized spacial score (nSPS) is 17.4. The van der Waals surface area contributed by atoms with Crippen LogP contribution in [-0.2, 0) is 6.54 Å². The van der Waals surface area contributed by atoms with Crippen LogP contribution in [0.5, 0.6) is 5.75 Å². The van der Waals surface area contributed by atoms with Crippen LogP contribution in [0.4, 0.5) is 0 Å². The van der Waals surface area contributed by atoms with Gasteiger partial charge in [0.2, 0.25) is 0 Å². The van der Waals surface area contributed by atoms with Crippen LogP contribution in [0.3, 0.4) is 0 Å². The van der Waals surface area contributed by atoms with Gasteiger partial charge in [-0.15, -0.1) is 0 Å². The van der Waals surface area contributed by atoms with Gasteiger partial charge in [0.15, 0.2) is 0 Å². The van der Waals surface area contributed by atoms with Crippen molar-refractivity contribution in [3.63, 3.8) is 0 Å². The van der Waals surface area contributed by atoms with Gasteiger partial charge in [0.05, 0.1) is 11.6 Å². The Labute approximate surface area is 106 Å². The summed E-state index contributed by atoms with van der Waals surface area (Å²) in [5.41, 5.74) is 1.36. The molecule has 1 saturated heterocycles. The van der Waals surface area contributed by atoms with Crippen LogP contribution in [0.1, 0.15) is 24.8 Å². The fraction of sp³-hybridized carbons (Fsp3) is 0.538. The molecule has 0 spiro atoms. The van der Waals surface area contributed by atoms with E-state index in [0.29, 0.717) is 0 Å². The van der Waals surface area contributed by atoms with Crippen LogP contribution in [0.2, 0.25) is 0 Å². The largest absolute Gasteiger partial charge is 0.496 e. The summed E-state index contributed by atoms with van der Waals surface area (Å²) in [6, 6.07) is 6.34. The summed E-state index contributed by atoms with van der Waals surface area (Å²) in [7, 11) is 1.70. The summed E-state index contributed by atoms with van der Waals surface area (Å²) in [6.07, 6.45) is 4.08. The molecule has 0 aliphatic carbocycles. The third-order valence-electron chi connectivity index (χ3n) is 3.07. The fourth-order valence-corrected chi connectivity index (χ4v) is 2.77. The van der Waals surface area contributed by atoms with Crippen LogP contribution < -0.4 is 4.74 Å². The van der Waals surface area contributed by atoms with E-state index in [1.807, 2.05) is 6.07 Å². The number of likely N-dealkylation sites (tertiary alicyclic amines) is 1. The van der Waals surface area contributed by atoms with E-state index >= 15 is 0 Å². The molecule has 0 atom stereocenters. The van der Waals surface area contributed by atoms with Gasteiger partial charge in [-0.1, -0.05) is 12.5 Å². The molecule has 0 bridgehead atoms. The lowest BCUT2D eigenvalue weighted by atomic mass is 10.1. The lowest BCUT2D eigenvalue weighted by Gasteiger charge is -2.26. The van der Waals surface area contributed by atoms with E-state index in [4.69, 9.17) is 4.74 Å². The molecule has 1 fully saturated rings. The molecule has 0 saturated carbocycles. The molecule has 0 N–H and O–H groups in total. The van der Waals surface area contributed by atoms with E-state index in [0.717, 1.165) is 16.8 Å². The molecule has 0 unspecified atom stereocenters. The SMILES string of the molecule is COc1ccc(CN2CCCCC2)cc1Br. The maximum absolute atomic E-state index is 5.23. The summed E-state index contributed by atoms with van der Waals surface area (Å²) >= 11 is 3.53. The standard InChI is InChI=1S/C13H18BrNO/c1-16-13-6-5-11(9-12(13)14)10-15-7-3-2-4-8-15/h5-6,9H,2-4,7-8,10H2,1H3. The molecule has 0 radical (unpaired) electrons. The second kappa shape index (κ2) is 5.69. The number of rotatable bonds is 3. The zero-order valence-corrected chi connectivity index (χ0v) is 11.3. The number of piperidine rings is 1. The molecule has 1 heterocycles. The molecule has 1 aliphatic rings. The third-order valence-corrected chi connectivity index (χ3v) is 3.69. The number of hydrogen-bond acceptors (Lipinski definition) is 2. The maximum Gasteiger partial charge on any atom is 0.133 e. The molecule has 1 aromatic carbocycles. The van der Waals surface area contributed by atoms with Crippen LogP contribution in [0, 0.1) is 0 Å². The zero-order chi connectivity index (χ0) is 11.4. The molecular formula is C13H18BrNO. The number of halogens is 1. The highest BCUT2D eigenvalue weighted by molar-refractivity contribution is 9.10. The Morgan fingerprint density at radius 3 is 2.62 bits per heavy atom. The van der Waals surface area contributed by atoms with Crippen LogP contribution in [0.25, 0.3) is 0 Å². The summed E-state index contributed by atoms with van der Waals surface area (Å²) in [4.78, 5) is 2.53. The van der Waals surface area contributed by atoms with Gasteiger partial charge in [-0.2, -0.15) is 0 Å². The van der Waals surface area contributed by atoms with Gasteiger partial charge < -0.3 is 4.74 Å². The van der Waals surface area contributed by atoms with Gasteiger partial charge in [-0.3, -0.25) is 4.90 Å². The average molecular weight is 284 g/mol. The molecule has 88 valence electrons. The van der Waals surface area contributed by atoms with E-state index in [9.17, 15) is 0 Å². The molecule has 3 heteroatoms. The van der Waals surface area contributed by atoms with Gasteiger partial charge in [0.1, 0.15) is 5.75 Å². The molecule has 16 heavy (non-hydrogen) atoms. The Balaban J connectivity index is 2.01. The lowest BCUT2D eigenvalue weighted by Crippen LogP contribution is -2.29. The number of benzene rings is 1. The van der Waals surface area contributed by atoms with Crippen molar-refractivity contribution in [2.24, 2.45) is 0 Å². The van der Waals surface area contributed by atoms with Crippen molar-refractivity contribution in [3.05, 3.63) is 28.2 Å². The van der Waals surface area contributed by atoms with Crippen molar-refractivity contribution in [2.75, 3.05) is 20.2 Å². The first-order valence-electron chi connectivity index (χ1n) is 5.84. The van der Waals surface area contributed by atoms with Gasteiger partial charge in [0.25, 0.3) is 0 Å². The van der Waals surface area contributed by atoms with Crippen molar-refractivity contribution < 1.29 is 4.74 Å². The summed E-state index contributed by atoms with van der Waals surface area (Å²) in [5, 5.41) is 0. The van der Waals surface area contributed by atoms with Crippen molar-refractivity contribution in [2.45, 2.75) is 25.8 Å². The van der Waals surface area contributed by atoms with Gasteiger partial charge >= 0.3 is 0 Å². The Kier molecular flexibility index (Phi) is 4.24. The Hall–Kier alpha value is -0.540. The number of ether oxygens (including phenoxy) is 1. The quantitative estimate of drug-likeness (QED) is 0.843. The molecule has 2 rings (SSSR count). The minimum Gasteiger partial charge on any atom is -0.496 e. The molecule has 0 amide bonds. The fourth-order valence-electron chi connectivity index (χ4n) is 2.18. The number of nitrogens with zero attached hydrogens (tertiary/aromatic N) is 1. The highest BCUT2D eigenvalue weighted by Gasteiger charge is 2.11. The summed E-state index contributed by atoms with van der Waals surface area (Å²) in [6.45, 7) is 3.54. The molecule has 1 aliphatic heterocycles. The van der Waals surface area contributed by atoms with Crippen LogP contribution in [0.15, 0.2) is 22.7 Å². The maximum atomic E-state index is 5.23. The topological polar surface area (TPSA) is 12.5 Å². The average Bonchev–Trinajstić information content (AvgIpc) is 2.31. The van der Waals surface area contributed by atoms with Crippen molar-refractivity contribution in [1.29, 1.82) is 0 Å². The highest BCUT2D eigenvalue weighted by atomic mass is 79.9. The van der Waals surface area contributed by atoms with Gasteiger partial charge in [-0.05, 0) is 59.6 Å². The molecule has 0 aromatic heterocycles. The smallest absolute Gasteiger partial charge is 0.133 e. The minimum atomic E-state index is 0.905. The predicted octanol–water partition coefficient (Wildman–Crippen LogP) is 3.44. The lowest BCUT2D eigenvalue weighted by molar-refractivity contribution is 0.221. The minimum absolute atomic E-state index is 0.905. The Morgan fingerprint density at radius 1 is 1.25 bits per heavy atom. The second-order valence-corrected chi connectivity index (χ2v) is 5.16. The van der Waals surface area contributed by atoms with E-state index in [1.165, 1.54) is 37.9 Å². The van der Waals surface area contributed by atoms with Crippen molar-refractivity contribution in [3.8, 4) is 5.75 Å². The van der Waals surface area contributed by atoms with E-state index in [1.54, 1.807) is 7.11 Å². The third kappa shape index (κ3) is 2.98. The molecular weight excluding hydrogens is 266 g/mol. The molecule has 2 nitrogen and oxygen atoms in total. The highest BCUT2D eigenvalue weighted by Crippen LogP contribution is 2.26. The first-order valence-corrected chi connectivity index (χ1v) is 6.63. The monoisotopic (exact) mass is 283 g/mol. The predicted molar refractivity (Wildman–Crippen MR) is 69.8 cm³/mol. The van der Waals surface area contributed by atoms with Crippen molar-refractivity contribution >= 4 is 15.9 Å². The van der Waals surface area contributed by atoms with E-state index in [2.05, 4.69) is 33.0 Å². The first-order chi connectivity index (χ1) is 7.79. The number of methoxy groups -OCH3 is 1. The summed E-state index contributed by atoms with van der Waals surface area (Å²) in [5.74, 6) is 0.905.